The molecular formula is C16H21N3OS. The minimum atomic E-state index is 0.244. The summed E-state index contributed by atoms with van der Waals surface area (Å²) >= 11 is 1.65. The van der Waals surface area contributed by atoms with Crippen LogP contribution in [0.4, 0.5) is 0 Å². The maximum absolute atomic E-state index is 12.4. The number of aryl methyl sites for hydroxylation is 2. The first-order valence-corrected chi connectivity index (χ1v) is 8.31. The molecule has 0 aromatic carbocycles. The van der Waals surface area contributed by atoms with E-state index >= 15 is 0 Å². The van der Waals surface area contributed by atoms with Crippen LogP contribution >= 0.6 is 11.3 Å². The van der Waals surface area contributed by atoms with Crippen LogP contribution in [0.25, 0.3) is 0 Å². The third kappa shape index (κ3) is 3.18. The molecule has 0 spiro atoms. The Morgan fingerprint density at radius 2 is 2.38 bits per heavy atom. The average Bonchev–Trinajstić information content (AvgIpc) is 3.08. The number of thiophene rings is 1. The van der Waals surface area contributed by atoms with Crippen LogP contribution in [0.2, 0.25) is 0 Å². The lowest BCUT2D eigenvalue weighted by Crippen LogP contribution is -2.40. The summed E-state index contributed by atoms with van der Waals surface area (Å²) in [5, 5.41) is 2.03. The summed E-state index contributed by atoms with van der Waals surface area (Å²) in [5.41, 5.74) is 1.05. The number of aromatic nitrogens is 2. The van der Waals surface area contributed by atoms with E-state index in [-0.39, 0.29) is 5.91 Å². The van der Waals surface area contributed by atoms with Crippen LogP contribution in [0.5, 0.6) is 0 Å². The highest BCUT2D eigenvalue weighted by Gasteiger charge is 2.27. The van der Waals surface area contributed by atoms with Crippen molar-refractivity contribution < 1.29 is 4.79 Å². The second-order valence-corrected chi connectivity index (χ2v) is 6.82. The molecule has 1 aliphatic rings. The number of carbonyl (C=O) groups is 1. The van der Waals surface area contributed by atoms with Crippen molar-refractivity contribution in [2.45, 2.75) is 32.1 Å². The highest BCUT2D eigenvalue weighted by molar-refractivity contribution is 7.10. The number of amides is 1. The van der Waals surface area contributed by atoms with Crippen molar-refractivity contribution in [2.24, 2.45) is 7.05 Å². The molecule has 0 unspecified atom stereocenters. The Morgan fingerprint density at radius 3 is 3.05 bits per heavy atom. The molecule has 2 aromatic rings. The molecule has 1 aliphatic heterocycles. The van der Waals surface area contributed by atoms with Gasteiger partial charge in [0.2, 0.25) is 5.91 Å². The van der Waals surface area contributed by atoms with Crippen molar-refractivity contribution in [3.63, 3.8) is 0 Å². The van der Waals surface area contributed by atoms with Gasteiger partial charge in [0.15, 0.2) is 0 Å². The topological polar surface area (TPSA) is 38.1 Å². The van der Waals surface area contributed by atoms with Crippen LogP contribution in [-0.2, 0) is 18.3 Å². The van der Waals surface area contributed by atoms with E-state index in [1.165, 1.54) is 0 Å². The second-order valence-electron chi connectivity index (χ2n) is 5.79. The van der Waals surface area contributed by atoms with E-state index in [0.29, 0.717) is 12.3 Å². The van der Waals surface area contributed by atoms with Crippen LogP contribution in [0.3, 0.4) is 0 Å². The maximum atomic E-state index is 12.4. The van der Waals surface area contributed by atoms with Gasteiger partial charge in [-0.25, -0.2) is 4.98 Å². The Balaban J connectivity index is 1.68. The number of hydrogen-bond donors (Lipinski definition) is 0. The zero-order valence-corrected chi connectivity index (χ0v) is 13.4. The molecule has 112 valence electrons. The van der Waals surface area contributed by atoms with E-state index in [1.54, 1.807) is 11.3 Å². The molecule has 1 fully saturated rings. The molecule has 0 bridgehead atoms. The fourth-order valence-corrected chi connectivity index (χ4v) is 3.80. The number of imidazole rings is 1. The molecule has 3 heterocycles. The molecule has 0 saturated carbocycles. The summed E-state index contributed by atoms with van der Waals surface area (Å²) in [6.45, 7) is 3.70. The molecule has 1 saturated heterocycles. The summed E-state index contributed by atoms with van der Waals surface area (Å²) in [6.07, 6.45) is 4.77. The van der Waals surface area contributed by atoms with Gasteiger partial charge in [-0.15, -0.1) is 11.3 Å². The Bertz CT molecular complexity index is 618. The monoisotopic (exact) mass is 303 g/mol. The molecule has 5 heteroatoms. The van der Waals surface area contributed by atoms with Crippen molar-refractivity contribution >= 4 is 17.2 Å². The lowest BCUT2D eigenvalue weighted by atomic mass is 9.97. The van der Waals surface area contributed by atoms with Crippen LogP contribution < -0.4 is 0 Å². The van der Waals surface area contributed by atoms with Gasteiger partial charge < -0.3 is 9.47 Å². The minimum Gasteiger partial charge on any atom is -0.342 e. The molecule has 0 aliphatic carbocycles. The number of carbonyl (C=O) groups excluding carboxylic acids is 1. The fourth-order valence-electron chi connectivity index (χ4n) is 3.10. The van der Waals surface area contributed by atoms with Crippen LogP contribution in [0.1, 0.15) is 35.2 Å². The van der Waals surface area contributed by atoms with Crippen molar-refractivity contribution in [3.05, 3.63) is 40.1 Å². The number of hydrogen-bond acceptors (Lipinski definition) is 3. The second kappa shape index (κ2) is 6.02. The molecule has 4 nitrogen and oxygen atoms in total. The Hall–Kier alpha value is -1.62. The lowest BCUT2D eigenvalue weighted by molar-refractivity contribution is -0.131. The average molecular weight is 303 g/mol. The zero-order chi connectivity index (χ0) is 14.8. The zero-order valence-electron chi connectivity index (χ0n) is 12.6. The van der Waals surface area contributed by atoms with Gasteiger partial charge in [0.05, 0.1) is 12.1 Å². The fraction of sp³-hybridized carbons (Fsp3) is 0.500. The van der Waals surface area contributed by atoms with Crippen LogP contribution in [0, 0.1) is 6.92 Å². The van der Waals surface area contributed by atoms with E-state index in [9.17, 15) is 4.79 Å². The molecule has 3 rings (SSSR count). The van der Waals surface area contributed by atoms with Gasteiger partial charge >= 0.3 is 0 Å². The van der Waals surface area contributed by atoms with E-state index in [1.807, 2.05) is 36.4 Å². The Morgan fingerprint density at radius 1 is 1.52 bits per heavy atom. The SMILES string of the molecule is Cc1cn(C)c([C@@H]2CCCN(C(=O)Cc3cccs3)C2)n1. The number of rotatable bonds is 3. The highest BCUT2D eigenvalue weighted by Crippen LogP contribution is 2.26. The van der Waals surface area contributed by atoms with Crippen molar-refractivity contribution in [2.75, 3.05) is 13.1 Å². The molecule has 1 amide bonds. The molecule has 0 radical (unpaired) electrons. The molecule has 21 heavy (non-hydrogen) atoms. The van der Waals surface area contributed by atoms with E-state index in [2.05, 4.69) is 15.7 Å². The Labute approximate surface area is 129 Å². The molecular weight excluding hydrogens is 282 g/mol. The van der Waals surface area contributed by atoms with E-state index in [4.69, 9.17) is 0 Å². The lowest BCUT2D eigenvalue weighted by Gasteiger charge is -2.32. The molecule has 2 aromatic heterocycles. The van der Waals surface area contributed by atoms with Gasteiger partial charge in [-0.2, -0.15) is 0 Å². The number of nitrogens with zero attached hydrogens (tertiary/aromatic N) is 3. The quantitative estimate of drug-likeness (QED) is 0.874. The first kappa shape index (κ1) is 14.3. The summed E-state index contributed by atoms with van der Waals surface area (Å²) in [6, 6.07) is 4.04. The van der Waals surface area contributed by atoms with Gasteiger partial charge in [-0.3, -0.25) is 4.79 Å². The maximum Gasteiger partial charge on any atom is 0.227 e. The molecule has 1 atom stereocenters. The predicted octanol–water partition coefficient (Wildman–Crippen LogP) is 2.74. The van der Waals surface area contributed by atoms with Gasteiger partial charge in [-0.1, -0.05) is 6.07 Å². The van der Waals surface area contributed by atoms with Gasteiger partial charge in [0, 0.05) is 37.1 Å². The highest BCUT2D eigenvalue weighted by atomic mass is 32.1. The normalized spacial score (nSPS) is 19.0. The van der Waals surface area contributed by atoms with Gasteiger partial charge in [0.25, 0.3) is 0 Å². The number of piperidine rings is 1. The Kier molecular flexibility index (Phi) is 4.10. The first-order valence-electron chi connectivity index (χ1n) is 7.43. The number of likely N-dealkylation sites (tertiary alicyclic amines) is 1. The van der Waals surface area contributed by atoms with Gasteiger partial charge in [0.1, 0.15) is 5.82 Å². The summed E-state index contributed by atoms with van der Waals surface area (Å²) in [4.78, 5) is 20.2. The molecule has 0 N–H and O–H groups in total. The van der Waals surface area contributed by atoms with Crippen LogP contribution in [-0.4, -0.2) is 33.4 Å². The summed E-state index contributed by atoms with van der Waals surface area (Å²) < 4.78 is 2.10. The summed E-state index contributed by atoms with van der Waals surface area (Å²) in [5.74, 6) is 1.72. The standard InChI is InChI=1S/C16H21N3OS/c1-12-10-18(2)16(17-12)13-5-3-7-19(11-13)15(20)9-14-6-4-8-21-14/h4,6,8,10,13H,3,5,7,9,11H2,1-2H3/t13-/m1/s1. The van der Waals surface area contributed by atoms with Crippen LogP contribution in [0.15, 0.2) is 23.7 Å². The van der Waals surface area contributed by atoms with E-state index in [0.717, 1.165) is 42.3 Å². The minimum absolute atomic E-state index is 0.244. The first-order chi connectivity index (χ1) is 10.1. The van der Waals surface area contributed by atoms with Crippen molar-refractivity contribution in [1.82, 2.24) is 14.5 Å². The van der Waals surface area contributed by atoms with E-state index < -0.39 is 0 Å². The van der Waals surface area contributed by atoms with Crippen molar-refractivity contribution in [3.8, 4) is 0 Å². The third-order valence-corrected chi connectivity index (χ3v) is 4.95. The van der Waals surface area contributed by atoms with Gasteiger partial charge in [-0.05, 0) is 31.2 Å². The third-order valence-electron chi connectivity index (χ3n) is 4.08. The van der Waals surface area contributed by atoms with Crippen molar-refractivity contribution in [1.29, 1.82) is 0 Å². The smallest absolute Gasteiger partial charge is 0.227 e. The predicted molar refractivity (Wildman–Crippen MR) is 84.5 cm³/mol. The largest absolute Gasteiger partial charge is 0.342 e. The summed E-state index contributed by atoms with van der Waals surface area (Å²) in [7, 11) is 2.04.